The van der Waals surface area contributed by atoms with Gasteiger partial charge < -0.3 is 10.2 Å². The van der Waals surface area contributed by atoms with Gasteiger partial charge in [-0.25, -0.2) is 4.98 Å². The highest BCUT2D eigenvalue weighted by Crippen LogP contribution is 2.24. The Labute approximate surface area is 103 Å². The van der Waals surface area contributed by atoms with E-state index >= 15 is 0 Å². The maximum absolute atomic E-state index is 5.68. The van der Waals surface area contributed by atoms with E-state index in [9.17, 15) is 0 Å². The van der Waals surface area contributed by atoms with Gasteiger partial charge in [0.25, 0.3) is 0 Å². The lowest BCUT2D eigenvalue weighted by Crippen LogP contribution is -2.17. The standard InChI is InChI=1S/C11H14N2OS2/c1-8(12)6-15-7-9-5-14-11(13-9)10-3-2-4-16-10/h2-5,8H,6-7,12H2,1H3. The largest absolute Gasteiger partial charge is 0.444 e. The number of hydrogen-bond donors (Lipinski definition) is 1. The molecular weight excluding hydrogens is 240 g/mol. The highest BCUT2D eigenvalue weighted by molar-refractivity contribution is 7.98. The van der Waals surface area contributed by atoms with Crippen LogP contribution in [0.3, 0.4) is 0 Å². The topological polar surface area (TPSA) is 52.0 Å². The molecule has 1 unspecified atom stereocenters. The van der Waals surface area contributed by atoms with Gasteiger partial charge in [0, 0.05) is 17.5 Å². The minimum absolute atomic E-state index is 0.230. The average Bonchev–Trinajstić information content (AvgIpc) is 2.85. The van der Waals surface area contributed by atoms with E-state index in [1.807, 2.05) is 24.4 Å². The zero-order valence-corrected chi connectivity index (χ0v) is 10.7. The number of nitrogens with two attached hydrogens (primary N) is 1. The van der Waals surface area contributed by atoms with Crippen LogP contribution in [0, 0.1) is 0 Å². The molecule has 0 aromatic carbocycles. The lowest BCUT2D eigenvalue weighted by atomic mass is 10.4. The molecule has 0 saturated heterocycles. The van der Waals surface area contributed by atoms with Crippen molar-refractivity contribution in [3.8, 4) is 10.8 Å². The van der Waals surface area contributed by atoms with Gasteiger partial charge in [0.2, 0.25) is 5.89 Å². The summed E-state index contributed by atoms with van der Waals surface area (Å²) in [6.07, 6.45) is 1.73. The summed E-state index contributed by atoms with van der Waals surface area (Å²) in [6.45, 7) is 2.01. The highest BCUT2D eigenvalue weighted by atomic mass is 32.2. The van der Waals surface area contributed by atoms with Crippen LogP contribution in [0.5, 0.6) is 0 Å². The fourth-order valence-electron chi connectivity index (χ4n) is 1.24. The van der Waals surface area contributed by atoms with Crippen molar-refractivity contribution in [1.29, 1.82) is 0 Å². The summed E-state index contributed by atoms with van der Waals surface area (Å²) in [5, 5.41) is 2.02. The number of oxazole rings is 1. The Kier molecular flexibility index (Phi) is 4.04. The first-order valence-corrected chi connectivity index (χ1v) is 7.11. The predicted octanol–water partition coefficient (Wildman–Crippen LogP) is 2.98. The Hall–Kier alpha value is -0.780. The second-order valence-corrected chi connectivity index (χ2v) is 5.59. The Morgan fingerprint density at radius 2 is 2.50 bits per heavy atom. The smallest absolute Gasteiger partial charge is 0.236 e. The number of hydrogen-bond acceptors (Lipinski definition) is 5. The molecule has 0 aliphatic rings. The van der Waals surface area contributed by atoms with Crippen molar-refractivity contribution in [2.75, 3.05) is 5.75 Å². The van der Waals surface area contributed by atoms with Crippen LogP contribution >= 0.6 is 23.1 Å². The molecule has 2 rings (SSSR count). The van der Waals surface area contributed by atoms with Crippen molar-refractivity contribution in [3.05, 3.63) is 29.5 Å². The summed E-state index contributed by atoms with van der Waals surface area (Å²) in [6, 6.07) is 4.23. The third-order valence-corrected chi connectivity index (χ3v) is 4.03. The maximum Gasteiger partial charge on any atom is 0.236 e. The van der Waals surface area contributed by atoms with E-state index in [1.165, 1.54) is 0 Å². The van der Waals surface area contributed by atoms with Crippen LogP contribution in [-0.2, 0) is 5.75 Å². The Balaban J connectivity index is 1.93. The van der Waals surface area contributed by atoms with E-state index in [1.54, 1.807) is 29.4 Å². The number of thiophene rings is 1. The van der Waals surface area contributed by atoms with Crippen molar-refractivity contribution >= 4 is 23.1 Å². The molecule has 5 heteroatoms. The molecular formula is C11H14N2OS2. The van der Waals surface area contributed by atoms with E-state index in [0.717, 1.165) is 22.1 Å². The fraction of sp³-hybridized carbons (Fsp3) is 0.364. The molecule has 2 aromatic rings. The van der Waals surface area contributed by atoms with E-state index in [-0.39, 0.29) is 6.04 Å². The fourth-order valence-corrected chi connectivity index (χ4v) is 2.72. The van der Waals surface area contributed by atoms with Crippen molar-refractivity contribution in [2.24, 2.45) is 5.73 Å². The number of aromatic nitrogens is 1. The van der Waals surface area contributed by atoms with Gasteiger partial charge in [0.1, 0.15) is 6.26 Å². The van der Waals surface area contributed by atoms with Gasteiger partial charge in [-0.15, -0.1) is 11.3 Å². The lowest BCUT2D eigenvalue weighted by molar-refractivity contribution is 0.575. The summed E-state index contributed by atoms with van der Waals surface area (Å²) >= 11 is 3.42. The monoisotopic (exact) mass is 254 g/mol. The lowest BCUT2D eigenvalue weighted by Gasteiger charge is -2.01. The molecule has 0 radical (unpaired) electrons. The molecule has 0 fully saturated rings. The Morgan fingerprint density at radius 1 is 1.62 bits per heavy atom. The van der Waals surface area contributed by atoms with Gasteiger partial charge in [0.15, 0.2) is 0 Å². The minimum atomic E-state index is 0.230. The summed E-state index contributed by atoms with van der Waals surface area (Å²) in [7, 11) is 0. The molecule has 86 valence electrons. The van der Waals surface area contributed by atoms with Gasteiger partial charge in [0.05, 0.1) is 10.6 Å². The molecule has 3 nitrogen and oxygen atoms in total. The molecule has 2 heterocycles. The summed E-state index contributed by atoms with van der Waals surface area (Å²) in [4.78, 5) is 5.50. The van der Waals surface area contributed by atoms with E-state index in [0.29, 0.717) is 5.89 Å². The zero-order valence-electron chi connectivity index (χ0n) is 9.05. The first-order chi connectivity index (χ1) is 7.75. The molecule has 0 spiro atoms. The predicted molar refractivity (Wildman–Crippen MR) is 69.6 cm³/mol. The second-order valence-electron chi connectivity index (χ2n) is 3.61. The van der Waals surface area contributed by atoms with Gasteiger partial charge >= 0.3 is 0 Å². The summed E-state index contributed by atoms with van der Waals surface area (Å²) in [5.41, 5.74) is 6.66. The molecule has 0 saturated carbocycles. The normalized spacial score (nSPS) is 12.9. The Morgan fingerprint density at radius 3 is 3.19 bits per heavy atom. The van der Waals surface area contributed by atoms with Crippen LogP contribution in [0.25, 0.3) is 10.8 Å². The highest BCUT2D eigenvalue weighted by Gasteiger charge is 2.07. The number of rotatable bonds is 5. The first-order valence-electron chi connectivity index (χ1n) is 5.07. The van der Waals surface area contributed by atoms with Gasteiger partial charge in [-0.2, -0.15) is 11.8 Å². The van der Waals surface area contributed by atoms with E-state index < -0.39 is 0 Å². The molecule has 1 atom stereocenters. The number of thioether (sulfide) groups is 1. The van der Waals surface area contributed by atoms with Crippen molar-refractivity contribution in [2.45, 2.75) is 18.7 Å². The summed E-state index contributed by atoms with van der Waals surface area (Å²) < 4.78 is 5.42. The van der Waals surface area contributed by atoms with Crippen molar-refractivity contribution in [3.63, 3.8) is 0 Å². The molecule has 0 aliphatic carbocycles. The molecule has 0 bridgehead atoms. The van der Waals surface area contributed by atoms with Crippen LogP contribution in [0.1, 0.15) is 12.6 Å². The van der Waals surface area contributed by atoms with Gasteiger partial charge in [-0.1, -0.05) is 6.07 Å². The SMILES string of the molecule is CC(N)CSCc1coc(-c2cccs2)n1. The van der Waals surface area contributed by atoms with Crippen molar-refractivity contribution < 1.29 is 4.42 Å². The molecule has 16 heavy (non-hydrogen) atoms. The van der Waals surface area contributed by atoms with Crippen LogP contribution in [0.2, 0.25) is 0 Å². The third-order valence-electron chi connectivity index (χ3n) is 1.91. The van der Waals surface area contributed by atoms with Crippen LogP contribution in [0.4, 0.5) is 0 Å². The van der Waals surface area contributed by atoms with Crippen LogP contribution in [0.15, 0.2) is 28.2 Å². The number of nitrogens with zero attached hydrogens (tertiary/aromatic N) is 1. The maximum atomic E-state index is 5.68. The second kappa shape index (κ2) is 5.52. The van der Waals surface area contributed by atoms with E-state index in [4.69, 9.17) is 10.2 Å². The van der Waals surface area contributed by atoms with Gasteiger partial charge in [-0.05, 0) is 18.4 Å². The minimum Gasteiger partial charge on any atom is -0.444 e. The Bertz CT molecular complexity index is 423. The van der Waals surface area contributed by atoms with Crippen LogP contribution < -0.4 is 5.73 Å². The zero-order chi connectivity index (χ0) is 11.4. The first kappa shape index (κ1) is 11.7. The van der Waals surface area contributed by atoms with Gasteiger partial charge in [-0.3, -0.25) is 0 Å². The van der Waals surface area contributed by atoms with Crippen LogP contribution in [-0.4, -0.2) is 16.8 Å². The van der Waals surface area contributed by atoms with Crippen molar-refractivity contribution in [1.82, 2.24) is 4.98 Å². The average molecular weight is 254 g/mol. The quantitative estimate of drug-likeness (QED) is 0.891. The molecule has 0 aliphatic heterocycles. The molecule has 0 amide bonds. The van der Waals surface area contributed by atoms with E-state index in [2.05, 4.69) is 4.98 Å². The third kappa shape index (κ3) is 3.10. The summed E-state index contributed by atoms with van der Waals surface area (Å²) in [5.74, 6) is 2.52. The molecule has 2 aromatic heterocycles. The molecule has 2 N–H and O–H groups in total.